The van der Waals surface area contributed by atoms with Gasteiger partial charge in [0, 0.05) is 23.5 Å². The van der Waals surface area contributed by atoms with Gasteiger partial charge in [0.15, 0.2) is 0 Å². The third-order valence-electron chi connectivity index (χ3n) is 4.15. The van der Waals surface area contributed by atoms with Crippen LogP contribution in [0.4, 0.5) is 0 Å². The lowest BCUT2D eigenvalue weighted by Gasteiger charge is -2.24. The first-order chi connectivity index (χ1) is 9.78. The average molecular weight is 340 g/mol. The predicted octanol–water partition coefficient (Wildman–Crippen LogP) is 3.08. The van der Waals surface area contributed by atoms with Crippen LogP contribution in [0.1, 0.15) is 30.9 Å². The molecular formula is C16H22BrNO2. The molecule has 2 heterocycles. The van der Waals surface area contributed by atoms with Gasteiger partial charge in [-0.2, -0.15) is 0 Å². The van der Waals surface area contributed by atoms with Crippen LogP contribution in [0.5, 0.6) is 5.75 Å². The fourth-order valence-corrected chi connectivity index (χ4v) is 3.80. The third kappa shape index (κ3) is 3.02. The van der Waals surface area contributed by atoms with Crippen molar-refractivity contribution in [2.45, 2.75) is 44.8 Å². The smallest absolute Gasteiger partial charge is 0.125 e. The van der Waals surface area contributed by atoms with Crippen molar-refractivity contribution in [1.82, 2.24) is 5.32 Å². The van der Waals surface area contributed by atoms with Crippen LogP contribution in [0.15, 0.2) is 16.6 Å². The minimum absolute atomic E-state index is 0.339. The maximum Gasteiger partial charge on any atom is 0.125 e. The van der Waals surface area contributed by atoms with Crippen LogP contribution < -0.4 is 10.1 Å². The topological polar surface area (TPSA) is 30.5 Å². The summed E-state index contributed by atoms with van der Waals surface area (Å²) in [7, 11) is 0. The van der Waals surface area contributed by atoms with Gasteiger partial charge >= 0.3 is 0 Å². The minimum atomic E-state index is 0.339. The van der Waals surface area contributed by atoms with Gasteiger partial charge in [-0.3, -0.25) is 0 Å². The molecule has 2 atom stereocenters. The summed E-state index contributed by atoms with van der Waals surface area (Å²) in [5.41, 5.74) is 2.63. The second-order valence-electron chi connectivity index (χ2n) is 5.57. The summed E-state index contributed by atoms with van der Waals surface area (Å²) >= 11 is 3.62. The third-order valence-corrected chi connectivity index (χ3v) is 4.60. The number of rotatable bonds is 5. The second kappa shape index (κ2) is 6.46. The number of fused-ring (bicyclic) bond motifs is 1. The average Bonchev–Trinajstić information content (AvgIpc) is 3.08. The van der Waals surface area contributed by atoms with E-state index in [1.165, 1.54) is 17.5 Å². The van der Waals surface area contributed by atoms with Gasteiger partial charge in [-0.25, -0.2) is 0 Å². The first-order valence-corrected chi connectivity index (χ1v) is 8.36. The minimum Gasteiger partial charge on any atom is -0.493 e. The number of hydrogen-bond acceptors (Lipinski definition) is 3. The number of likely N-dealkylation sites (N-methyl/N-ethyl adjacent to an activating group) is 1. The van der Waals surface area contributed by atoms with Gasteiger partial charge in [0.05, 0.1) is 12.7 Å². The van der Waals surface area contributed by atoms with E-state index in [4.69, 9.17) is 9.47 Å². The van der Waals surface area contributed by atoms with E-state index in [0.717, 1.165) is 49.2 Å². The van der Waals surface area contributed by atoms with Crippen molar-refractivity contribution >= 4 is 15.9 Å². The summed E-state index contributed by atoms with van der Waals surface area (Å²) in [6.07, 6.45) is 4.67. The Kier molecular flexibility index (Phi) is 4.64. The fraction of sp³-hybridized carbons (Fsp3) is 0.625. The van der Waals surface area contributed by atoms with Gasteiger partial charge in [-0.15, -0.1) is 0 Å². The zero-order chi connectivity index (χ0) is 13.9. The molecule has 20 heavy (non-hydrogen) atoms. The van der Waals surface area contributed by atoms with Gasteiger partial charge in [0.1, 0.15) is 5.75 Å². The molecule has 1 saturated heterocycles. The van der Waals surface area contributed by atoms with Gasteiger partial charge in [-0.1, -0.05) is 22.9 Å². The summed E-state index contributed by atoms with van der Waals surface area (Å²) < 4.78 is 12.9. The molecule has 0 aliphatic carbocycles. The van der Waals surface area contributed by atoms with Gasteiger partial charge < -0.3 is 14.8 Å². The fourth-order valence-electron chi connectivity index (χ4n) is 3.25. The monoisotopic (exact) mass is 339 g/mol. The molecule has 0 saturated carbocycles. The Hall–Kier alpha value is -0.580. The lowest BCUT2D eigenvalue weighted by atomic mass is 9.97. The van der Waals surface area contributed by atoms with Crippen LogP contribution in [0.3, 0.4) is 0 Å². The molecule has 3 nitrogen and oxygen atoms in total. The van der Waals surface area contributed by atoms with Crippen molar-refractivity contribution in [3.63, 3.8) is 0 Å². The van der Waals surface area contributed by atoms with Crippen LogP contribution >= 0.6 is 15.9 Å². The Labute approximate surface area is 129 Å². The van der Waals surface area contributed by atoms with E-state index in [1.54, 1.807) is 0 Å². The van der Waals surface area contributed by atoms with Crippen LogP contribution in [0.25, 0.3) is 0 Å². The van der Waals surface area contributed by atoms with Crippen molar-refractivity contribution < 1.29 is 9.47 Å². The largest absolute Gasteiger partial charge is 0.493 e. The first-order valence-electron chi connectivity index (χ1n) is 7.57. The molecule has 1 fully saturated rings. The van der Waals surface area contributed by atoms with Crippen molar-refractivity contribution in [2.24, 2.45) is 0 Å². The van der Waals surface area contributed by atoms with Gasteiger partial charge in [0.25, 0.3) is 0 Å². The number of ether oxygens (including phenoxy) is 2. The lowest BCUT2D eigenvalue weighted by molar-refractivity contribution is 0.0787. The highest BCUT2D eigenvalue weighted by molar-refractivity contribution is 9.10. The molecule has 1 aromatic rings. The van der Waals surface area contributed by atoms with E-state index in [-0.39, 0.29) is 0 Å². The molecule has 0 spiro atoms. The SMILES string of the molecule is CCNC(Cc1cc(Br)cc2c1OCC2)C1CCCO1. The Bertz CT molecular complexity index is 472. The summed E-state index contributed by atoms with van der Waals surface area (Å²) in [6, 6.07) is 4.76. The molecule has 0 aromatic heterocycles. The molecular weight excluding hydrogens is 318 g/mol. The summed E-state index contributed by atoms with van der Waals surface area (Å²) in [5, 5.41) is 3.59. The molecule has 2 aliphatic heterocycles. The quantitative estimate of drug-likeness (QED) is 0.894. The van der Waals surface area contributed by atoms with Crippen molar-refractivity contribution in [1.29, 1.82) is 0 Å². The normalized spacial score (nSPS) is 22.6. The van der Waals surface area contributed by atoms with Gasteiger partial charge in [0.2, 0.25) is 0 Å². The van der Waals surface area contributed by atoms with Gasteiger partial charge in [-0.05, 0) is 49.1 Å². The molecule has 0 amide bonds. The van der Waals surface area contributed by atoms with E-state index < -0.39 is 0 Å². The molecule has 4 heteroatoms. The second-order valence-corrected chi connectivity index (χ2v) is 6.49. The molecule has 3 rings (SSSR count). The van der Waals surface area contributed by atoms with Crippen molar-refractivity contribution in [2.75, 3.05) is 19.8 Å². The van der Waals surface area contributed by atoms with Crippen LogP contribution in [0, 0.1) is 0 Å². The molecule has 110 valence electrons. The van der Waals surface area contributed by atoms with Crippen LogP contribution in [-0.4, -0.2) is 31.9 Å². The summed E-state index contributed by atoms with van der Waals surface area (Å²) in [5.74, 6) is 1.11. The Morgan fingerprint density at radius 1 is 1.40 bits per heavy atom. The molecule has 1 aromatic carbocycles. The van der Waals surface area contributed by atoms with Crippen molar-refractivity contribution in [3.8, 4) is 5.75 Å². The molecule has 0 radical (unpaired) electrons. The van der Waals surface area contributed by atoms with Crippen LogP contribution in [0.2, 0.25) is 0 Å². The van der Waals surface area contributed by atoms with Crippen molar-refractivity contribution in [3.05, 3.63) is 27.7 Å². The number of benzene rings is 1. The number of halogens is 1. The highest BCUT2D eigenvalue weighted by Gasteiger charge is 2.27. The number of nitrogens with one attached hydrogen (secondary N) is 1. The van der Waals surface area contributed by atoms with E-state index in [1.807, 2.05) is 0 Å². The Morgan fingerprint density at radius 3 is 3.05 bits per heavy atom. The van der Waals surface area contributed by atoms with E-state index in [9.17, 15) is 0 Å². The molecule has 1 N–H and O–H groups in total. The highest BCUT2D eigenvalue weighted by Crippen LogP contribution is 2.34. The first kappa shape index (κ1) is 14.4. The summed E-state index contributed by atoms with van der Waals surface area (Å²) in [4.78, 5) is 0. The van der Waals surface area contributed by atoms with E-state index in [0.29, 0.717) is 12.1 Å². The molecule has 0 bridgehead atoms. The number of hydrogen-bond donors (Lipinski definition) is 1. The standard InChI is InChI=1S/C16H22BrNO2/c1-2-18-14(15-4-3-6-19-15)10-12-9-13(17)8-11-5-7-20-16(11)12/h8-9,14-15,18H,2-7,10H2,1H3. The summed E-state index contributed by atoms with van der Waals surface area (Å²) in [6.45, 7) is 4.84. The Balaban J connectivity index is 1.81. The zero-order valence-corrected chi connectivity index (χ0v) is 13.5. The highest BCUT2D eigenvalue weighted by atomic mass is 79.9. The Morgan fingerprint density at radius 2 is 2.30 bits per heavy atom. The molecule has 2 aliphatic rings. The maximum atomic E-state index is 5.87. The van der Waals surface area contributed by atoms with Crippen LogP contribution in [-0.2, 0) is 17.6 Å². The maximum absolute atomic E-state index is 5.87. The zero-order valence-electron chi connectivity index (χ0n) is 12.0. The van der Waals surface area contributed by atoms with E-state index >= 15 is 0 Å². The molecule has 2 unspecified atom stereocenters. The predicted molar refractivity (Wildman–Crippen MR) is 83.5 cm³/mol. The van der Waals surface area contributed by atoms with E-state index in [2.05, 4.69) is 40.3 Å². The lowest BCUT2D eigenvalue weighted by Crippen LogP contribution is -2.41.